The van der Waals surface area contributed by atoms with Crippen molar-refractivity contribution < 1.29 is 4.79 Å². The van der Waals surface area contributed by atoms with Crippen molar-refractivity contribution in [1.29, 1.82) is 0 Å². The largest absolute Gasteiger partial charge is 0.303 e. The standard InChI is InChI=1S/C5H12.C4H8O/c1-4-5(2)3;1-4(2)3-5/h5H,4H2,1-3H3;3-4H,1-2H3. The molecule has 0 saturated carbocycles. The lowest BCUT2D eigenvalue weighted by Crippen LogP contribution is -1.82. The van der Waals surface area contributed by atoms with Crippen molar-refractivity contribution in [3.05, 3.63) is 0 Å². The van der Waals surface area contributed by atoms with E-state index >= 15 is 0 Å². The highest BCUT2D eigenvalue weighted by Crippen LogP contribution is 1.93. The molecule has 0 unspecified atom stereocenters. The first kappa shape index (κ1) is 12.4. The number of carbonyl (C=O) groups excluding carboxylic acids is 1. The van der Waals surface area contributed by atoms with Gasteiger partial charge in [0.2, 0.25) is 0 Å². The second kappa shape index (κ2) is 8.67. The zero-order chi connectivity index (χ0) is 8.57. The van der Waals surface area contributed by atoms with Crippen LogP contribution in [0.5, 0.6) is 0 Å². The molecule has 0 saturated heterocycles. The average molecular weight is 144 g/mol. The molecule has 0 aliphatic carbocycles. The maximum atomic E-state index is 9.50. The Morgan fingerprint density at radius 3 is 1.40 bits per heavy atom. The molecular formula is C9H20O. The van der Waals surface area contributed by atoms with Crippen LogP contribution in [0.15, 0.2) is 0 Å². The van der Waals surface area contributed by atoms with E-state index in [1.54, 1.807) is 0 Å². The summed E-state index contributed by atoms with van der Waals surface area (Å²) in [5.41, 5.74) is 0. The molecule has 0 radical (unpaired) electrons. The topological polar surface area (TPSA) is 17.1 Å². The monoisotopic (exact) mass is 144 g/mol. The second-order valence-corrected chi connectivity index (χ2v) is 3.18. The van der Waals surface area contributed by atoms with Crippen LogP contribution >= 0.6 is 0 Å². The summed E-state index contributed by atoms with van der Waals surface area (Å²) in [7, 11) is 0. The highest BCUT2D eigenvalue weighted by atomic mass is 16.1. The third kappa shape index (κ3) is 25.3. The van der Waals surface area contributed by atoms with Crippen LogP contribution < -0.4 is 0 Å². The molecule has 0 bridgehead atoms. The van der Waals surface area contributed by atoms with E-state index < -0.39 is 0 Å². The van der Waals surface area contributed by atoms with Crippen molar-refractivity contribution >= 4 is 6.29 Å². The Bertz CT molecular complexity index is 65.1. The lowest BCUT2D eigenvalue weighted by molar-refractivity contribution is -0.110. The van der Waals surface area contributed by atoms with Gasteiger partial charge in [0.25, 0.3) is 0 Å². The molecule has 0 aromatic rings. The quantitative estimate of drug-likeness (QED) is 0.545. The van der Waals surface area contributed by atoms with Gasteiger partial charge < -0.3 is 4.79 Å². The zero-order valence-corrected chi connectivity index (χ0v) is 7.85. The minimum Gasteiger partial charge on any atom is -0.303 e. The summed E-state index contributed by atoms with van der Waals surface area (Å²) in [6, 6.07) is 0. The molecule has 0 aromatic carbocycles. The summed E-state index contributed by atoms with van der Waals surface area (Å²) >= 11 is 0. The molecule has 62 valence electrons. The van der Waals surface area contributed by atoms with E-state index in [9.17, 15) is 4.79 Å². The van der Waals surface area contributed by atoms with Gasteiger partial charge in [0.15, 0.2) is 0 Å². The molecule has 0 aliphatic rings. The van der Waals surface area contributed by atoms with Crippen molar-refractivity contribution in [3.8, 4) is 0 Å². The maximum absolute atomic E-state index is 9.50. The van der Waals surface area contributed by atoms with Gasteiger partial charge in [-0.3, -0.25) is 0 Å². The third-order valence-corrected chi connectivity index (χ3v) is 1.09. The molecule has 0 atom stereocenters. The van der Waals surface area contributed by atoms with Crippen LogP contribution in [-0.2, 0) is 4.79 Å². The summed E-state index contributed by atoms with van der Waals surface area (Å²) in [4.78, 5) is 9.50. The van der Waals surface area contributed by atoms with Crippen molar-refractivity contribution in [3.63, 3.8) is 0 Å². The Morgan fingerprint density at radius 2 is 1.40 bits per heavy atom. The molecule has 0 heterocycles. The third-order valence-electron chi connectivity index (χ3n) is 1.09. The van der Waals surface area contributed by atoms with Gasteiger partial charge in [0.1, 0.15) is 6.29 Å². The Balaban J connectivity index is 0. The summed E-state index contributed by atoms with van der Waals surface area (Å²) in [5, 5.41) is 0. The summed E-state index contributed by atoms with van der Waals surface area (Å²) in [6.07, 6.45) is 2.22. The number of hydrogen-bond acceptors (Lipinski definition) is 1. The van der Waals surface area contributed by atoms with Gasteiger partial charge in [0.05, 0.1) is 0 Å². The van der Waals surface area contributed by atoms with Gasteiger partial charge >= 0.3 is 0 Å². The molecular weight excluding hydrogens is 124 g/mol. The zero-order valence-electron chi connectivity index (χ0n) is 7.85. The fraction of sp³-hybridized carbons (Fsp3) is 0.889. The molecule has 1 heteroatoms. The molecule has 0 fully saturated rings. The van der Waals surface area contributed by atoms with Crippen molar-refractivity contribution in [2.45, 2.75) is 41.0 Å². The van der Waals surface area contributed by atoms with E-state index in [0.29, 0.717) is 0 Å². The lowest BCUT2D eigenvalue weighted by Gasteiger charge is -1.90. The number of aldehydes is 1. The van der Waals surface area contributed by atoms with Gasteiger partial charge in [-0.05, 0) is 5.92 Å². The van der Waals surface area contributed by atoms with Crippen LogP contribution in [0, 0.1) is 11.8 Å². The first-order valence-electron chi connectivity index (χ1n) is 3.99. The van der Waals surface area contributed by atoms with Crippen molar-refractivity contribution in [2.75, 3.05) is 0 Å². The highest BCUT2D eigenvalue weighted by molar-refractivity contribution is 5.51. The lowest BCUT2D eigenvalue weighted by atomic mass is 10.2. The van der Waals surface area contributed by atoms with Gasteiger partial charge in [-0.15, -0.1) is 0 Å². The Labute approximate surface area is 64.8 Å². The summed E-state index contributed by atoms with van der Waals surface area (Å²) < 4.78 is 0. The van der Waals surface area contributed by atoms with Gasteiger partial charge in [-0.2, -0.15) is 0 Å². The van der Waals surface area contributed by atoms with Crippen molar-refractivity contribution in [2.24, 2.45) is 11.8 Å². The Morgan fingerprint density at radius 1 is 1.20 bits per heavy atom. The van der Waals surface area contributed by atoms with E-state index in [4.69, 9.17) is 0 Å². The molecule has 10 heavy (non-hydrogen) atoms. The predicted octanol–water partition coefficient (Wildman–Crippen LogP) is 2.89. The fourth-order valence-electron chi connectivity index (χ4n) is 0. The van der Waals surface area contributed by atoms with Gasteiger partial charge in [0, 0.05) is 5.92 Å². The van der Waals surface area contributed by atoms with E-state index in [-0.39, 0.29) is 5.92 Å². The first-order chi connectivity index (χ1) is 4.54. The van der Waals surface area contributed by atoms with Crippen LogP contribution in [-0.4, -0.2) is 6.29 Å². The van der Waals surface area contributed by atoms with Gasteiger partial charge in [-0.1, -0.05) is 41.0 Å². The van der Waals surface area contributed by atoms with Crippen LogP contribution in [0.2, 0.25) is 0 Å². The van der Waals surface area contributed by atoms with Crippen LogP contribution in [0.1, 0.15) is 41.0 Å². The summed E-state index contributed by atoms with van der Waals surface area (Å²) in [5.74, 6) is 1.09. The van der Waals surface area contributed by atoms with Crippen molar-refractivity contribution in [1.82, 2.24) is 0 Å². The van der Waals surface area contributed by atoms with Gasteiger partial charge in [-0.25, -0.2) is 0 Å². The van der Waals surface area contributed by atoms with E-state index in [0.717, 1.165) is 12.2 Å². The first-order valence-corrected chi connectivity index (χ1v) is 3.99. The highest BCUT2D eigenvalue weighted by Gasteiger charge is 1.80. The van der Waals surface area contributed by atoms with E-state index in [2.05, 4.69) is 20.8 Å². The Hall–Kier alpha value is -0.330. The maximum Gasteiger partial charge on any atom is 0.122 e. The number of carbonyl (C=O) groups is 1. The molecule has 0 spiro atoms. The average Bonchev–Trinajstić information content (AvgIpc) is 1.89. The van der Waals surface area contributed by atoms with E-state index in [1.807, 2.05) is 13.8 Å². The van der Waals surface area contributed by atoms with Crippen LogP contribution in [0.4, 0.5) is 0 Å². The molecule has 0 N–H and O–H groups in total. The normalized spacial score (nSPS) is 9.10. The molecule has 1 nitrogen and oxygen atoms in total. The minimum atomic E-state index is 0.204. The molecule has 0 amide bonds. The fourth-order valence-corrected chi connectivity index (χ4v) is 0. The SMILES string of the molecule is CC(C)C=O.CCC(C)C. The number of rotatable bonds is 2. The Kier molecular flexibility index (Phi) is 10.7. The molecule has 0 aromatic heterocycles. The summed E-state index contributed by atoms with van der Waals surface area (Å²) in [6.45, 7) is 10.4. The molecule has 0 rings (SSSR count). The van der Waals surface area contributed by atoms with E-state index in [1.165, 1.54) is 6.42 Å². The second-order valence-electron chi connectivity index (χ2n) is 3.18. The van der Waals surface area contributed by atoms with Crippen LogP contribution in [0.3, 0.4) is 0 Å². The number of hydrogen-bond donors (Lipinski definition) is 0. The predicted molar refractivity (Wildman–Crippen MR) is 46.0 cm³/mol. The smallest absolute Gasteiger partial charge is 0.122 e. The minimum absolute atomic E-state index is 0.204. The molecule has 0 aliphatic heterocycles. The van der Waals surface area contributed by atoms with Crippen LogP contribution in [0.25, 0.3) is 0 Å².